The maximum Gasteiger partial charge on any atom is 0.161 e. The Kier molecular flexibility index (Phi) is 5.24. The third-order valence-corrected chi connectivity index (χ3v) is 4.08. The number of hydrogen-bond donors (Lipinski definition) is 0. The van der Waals surface area contributed by atoms with E-state index < -0.39 is 9.84 Å². The monoisotopic (exact) mass is 266 g/mol. The number of sulfone groups is 1. The molecule has 0 saturated heterocycles. The van der Waals surface area contributed by atoms with Crippen molar-refractivity contribution in [2.75, 3.05) is 18.1 Å². The SMILES string of the molecule is C#CCS(=O)(=O)CCCOc1c(C)cccc1C. The second kappa shape index (κ2) is 6.46. The summed E-state index contributed by atoms with van der Waals surface area (Å²) in [5, 5.41) is 0. The van der Waals surface area contributed by atoms with Crippen molar-refractivity contribution in [2.45, 2.75) is 20.3 Å². The lowest BCUT2D eigenvalue weighted by Crippen LogP contribution is -2.13. The average molecular weight is 266 g/mol. The molecule has 0 amide bonds. The van der Waals surface area contributed by atoms with Crippen LogP contribution in [-0.2, 0) is 9.84 Å². The molecule has 0 bridgehead atoms. The van der Waals surface area contributed by atoms with Gasteiger partial charge in [0.1, 0.15) is 11.5 Å². The smallest absolute Gasteiger partial charge is 0.161 e. The van der Waals surface area contributed by atoms with Crippen molar-refractivity contribution in [1.29, 1.82) is 0 Å². The minimum Gasteiger partial charge on any atom is -0.493 e. The summed E-state index contributed by atoms with van der Waals surface area (Å²) in [6, 6.07) is 5.91. The molecule has 0 unspecified atom stereocenters. The molecule has 1 aromatic carbocycles. The Labute approximate surface area is 109 Å². The molecular weight excluding hydrogens is 248 g/mol. The lowest BCUT2D eigenvalue weighted by atomic mass is 10.1. The van der Waals surface area contributed by atoms with E-state index in [4.69, 9.17) is 11.2 Å². The molecule has 0 aliphatic heterocycles. The fourth-order valence-corrected chi connectivity index (χ4v) is 2.63. The van der Waals surface area contributed by atoms with Gasteiger partial charge in [-0.25, -0.2) is 8.42 Å². The third-order valence-electron chi connectivity index (χ3n) is 2.56. The van der Waals surface area contributed by atoms with E-state index in [1.807, 2.05) is 32.0 Å². The first kappa shape index (κ1) is 14.6. The van der Waals surface area contributed by atoms with Crippen molar-refractivity contribution in [1.82, 2.24) is 0 Å². The average Bonchev–Trinajstić information content (AvgIpc) is 2.27. The first-order valence-electron chi connectivity index (χ1n) is 5.79. The van der Waals surface area contributed by atoms with Crippen LogP contribution in [-0.4, -0.2) is 26.5 Å². The van der Waals surface area contributed by atoms with Gasteiger partial charge in [0, 0.05) is 0 Å². The van der Waals surface area contributed by atoms with Crippen molar-refractivity contribution in [3.8, 4) is 18.1 Å². The van der Waals surface area contributed by atoms with E-state index in [0.717, 1.165) is 16.9 Å². The Morgan fingerprint density at radius 2 is 1.89 bits per heavy atom. The summed E-state index contributed by atoms with van der Waals surface area (Å²) >= 11 is 0. The molecule has 4 heteroatoms. The highest BCUT2D eigenvalue weighted by molar-refractivity contribution is 7.91. The van der Waals surface area contributed by atoms with Crippen LogP contribution in [0.5, 0.6) is 5.75 Å². The summed E-state index contributed by atoms with van der Waals surface area (Å²) in [6.07, 6.45) is 5.45. The lowest BCUT2D eigenvalue weighted by Gasteiger charge is -2.11. The first-order valence-corrected chi connectivity index (χ1v) is 7.61. The fourth-order valence-electron chi connectivity index (χ4n) is 1.68. The normalized spacial score (nSPS) is 10.9. The van der Waals surface area contributed by atoms with Crippen LogP contribution in [0.3, 0.4) is 0 Å². The van der Waals surface area contributed by atoms with Crippen molar-refractivity contribution in [3.63, 3.8) is 0 Å². The van der Waals surface area contributed by atoms with Crippen LogP contribution in [0.4, 0.5) is 0 Å². The molecule has 0 saturated carbocycles. The molecule has 0 aromatic heterocycles. The Morgan fingerprint density at radius 1 is 1.28 bits per heavy atom. The number of aryl methyl sites for hydroxylation is 2. The van der Waals surface area contributed by atoms with E-state index >= 15 is 0 Å². The molecule has 0 heterocycles. The quantitative estimate of drug-likeness (QED) is 0.585. The van der Waals surface area contributed by atoms with Crippen LogP contribution in [0.1, 0.15) is 17.5 Å². The van der Waals surface area contributed by atoms with Gasteiger partial charge >= 0.3 is 0 Å². The van der Waals surface area contributed by atoms with E-state index in [-0.39, 0.29) is 11.5 Å². The minimum atomic E-state index is -3.12. The number of rotatable bonds is 6. The van der Waals surface area contributed by atoms with E-state index in [2.05, 4.69) is 5.92 Å². The van der Waals surface area contributed by atoms with Gasteiger partial charge < -0.3 is 4.74 Å². The largest absolute Gasteiger partial charge is 0.493 e. The Hall–Kier alpha value is -1.47. The molecule has 98 valence electrons. The molecule has 18 heavy (non-hydrogen) atoms. The van der Waals surface area contributed by atoms with Crippen LogP contribution < -0.4 is 4.74 Å². The molecule has 3 nitrogen and oxygen atoms in total. The molecular formula is C14H18O3S. The van der Waals surface area contributed by atoms with Gasteiger partial charge in [-0.2, -0.15) is 0 Å². The van der Waals surface area contributed by atoms with Crippen LogP contribution in [0.25, 0.3) is 0 Å². The predicted molar refractivity (Wildman–Crippen MR) is 73.5 cm³/mol. The number of benzene rings is 1. The maximum absolute atomic E-state index is 11.4. The van der Waals surface area contributed by atoms with Gasteiger partial charge in [-0.3, -0.25) is 0 Å². The highest BCUT2D eigenvalue weighted by atomic mass is 32.2. The lowest BCUT2D eigenvalue weighted by molar-refractivity contribution is 0.313. The second-order valence-corrected chi connectivity index (χ2v) is 6.40. The molecule has 0 aliphatic rings. The molecule has 0 N–H and O–H groups in total. The standard InChI is InChI=1S/C14H18O3S/c1-4-10-18(15,16)11-6-9-17-14-12(2)7-5-8-13(14)3/h1,5,7-8H,6,9-11H2,2-3H3. The summed E-state index contributed by atoms with van der Waals surface area (Å²) in [7, 11) is -3.12. The highest BCUT2D eigenvalue weighted by Gasteiger charge is 2.09. The fraction of sp³-hybridized carbons (Fsp3) is 0.429. The van der Waals surface area contributed by atoms with Crippen LogP contribution in [0.15, 0.2) is 18.2 Å². The maximum atomic E-state index is 11.4. The van der Waals surface area contributed by atoms with Gasteiger partial charge in [-0.15, -0.1) is 6.42 Å². The molecule has 0 atom stereocenters. The zero-order valence-corrected chi connectivity index (χ0v) is 11.6. The molecule has 1 rings (SSSR count). The molecule has 0 radical (unpaired) electrons. The van der Waals surface area contributed by atoms with Crippen molar-refractivity contribution < 1.29 is 13.2 Å². The second-order valence-electron chi connectivity index (χ2n) is 4.22. The Balaban J connectivity index is 2.46. The minimum absolute atomic E-state index is 0.0716. The van der Waals surface area contributed by atoms with Gasteiger partial charge in [0.05, 0.1) is 12.4 Å². The zero-order chi connectivity index (χ0) is 13.6. The topological polar surface area (TPSA) is 43.4 Å². The Bertz CT molecular complexity index is 518. The van der Waals surface area contributed by atoms with Crippen LogP contribution >= 0.6 is 0 Å². The molecule has 1 aromatic rings. The predicted octanol–water partition coefficient (Wildman–Crippen LogP) is 2.12. The number of hydrogen-bond acceptors (Lipinski definition) is 3. The van der Waals surface area contributed by atoms with E-state index in [1.165, 1.54) is 0 Å². The summed E-state index contributed by atoms with van der Waals surface area (Å²) in [5.74, 6) is 2.87. The molecule has 0 fully saturated rings. The number of ether oxygens (including phenoxy) is 1. The van der Waals surface area contributed by atoms with E-state index in [9.17, 15) is 8.42 Å². The van der Waals surface area contributed by atoms with E-state index in [0.29, 0.717) is 13.0 Å². The Morgan fingerprint density at radius 3 is 2.44 bits per heavy atom. The van der Waals surface area contributed by atoms with Gasteiger partial charge in [0.25, 0.3) is 0 Å². The first-order chi connectivity index (χ1) is 8.46. The van der Waals surface area contributed by atoms with Crippen LogP contribution in [0.2, 0.25) is 0 Å². The third kappa shape index (κ3) is 4.42. The van der Waals surface area contributed by atoms with Crippen molar-refractivity contribution in [3.05, 3.63) is 29.3 Å². The van der Waals surface area contributed by atoms with Gasteiger partial charge in [-0.1, -0.05) is 24.1 Å². The summed E-state index contributed by atoms with van der Waals surface area (Å²) in [5.41, 5.74) is 2.11. The van der Waals surface area contributed by atoms with Gasteiger partial charge in [0.15, 0.2) is 9.84 Å². The number of para-hydroxylation sites is 1. The van der Waals surface area contributed by atoms with E-state index in [1.54, 1.807) is 0 Å². The van der Waals surface area contributed by atoms with Gasteiger partial charge in [-0.05, 0) is 31.4 Å². The van der Waals surface area contributed by atoms with Crippen molar-refractivity contribution >= 4 is 9.84 Å². The van der Waals surface area contributed by atoms with Crippen molar-refractivity contribution in [2.24, 2.45) is 0 Å². The molecule has 0 aliphatic carbocycles. The molecule has 0 spiro atoms. The summed E-state index contributed by atoms with van der Waals surface area (Å²) in [6.45, 7) is 4.32. The zero-order valence-electron chi connectivity index (χ0n) is 10.8. The number of terminal acetylenes is 1. The highest BCUT2D eigenvalue weighted by Crippen LogP contribution is 2.22. The van der Waals surface area contributed by atoms with Crippen LogP contribution in [0, 0.1) is 26.2 Å². The summed E-state index contributed by atoms with van der Waals surface area (Å²) in [4.78, 5) is 0. The van der Waals surface area contributed by atoms with Gasteiger partial charge in [0.2, 0.25) is 0 Å². The summed E-state index contributed by atoms with van der Waals surface area (Å²) < 4.78 is 28.4.